The molecule has 1 aromatic carbocycles. The normalized spacial score (nSPS) is 17.7. The summed E-state index contributed by atoms with van der Waals surface area (Å²) in [6.07, 6.45) is 1.77. The molecule has 8 heteroatoms. The van der Waals surface area contributed by atoms with Crippen LogP contribution < -0.4 is 5.46 Å². The number of Topliss-reactive ketones (excluding diaryl/α,β-unsaturated/α-hetero) is 1. The summed E-state index contributed by atoms with van der Waals surface area (Å²) in [5, 5.41) is 5.04. The number of hydrogen-bond acceptors (Lipinski definition) is 6. The van der Waals surface area contributed by atoms with Crippen molar-refractivity contribution in [1.29, 1.82) is 0 Å². The van der Waals surface area contributed by atoms with Gasteiger partial charge in [0.1, 0.15) is 12.2 Å². The number of ether oxygens (including phenoxy) is 1. The van der Waals surface area contributed by atoms with Gasteiger partial charge in [-0.3, -0.25) is 14.3 Å². The van der Waals surface area contributed by atoms with Gasteiger partial charge in [-0.15, -0.1) is 0 Å². The van der Waals surface area contributed by atoms with E-state index in [1.54, 1.807) is 0 Å². The van der Waals surface area contributed by atoms with Gasteiger partial charge in [-0.25, -0.2) is 0 Å². The zero-order valence-electron chi connectivity index (χ0n) is 18.1. The Hall–Kier alpha value is -2.19. The number of hydrogen-bond donors (Lipinski definition) is 0. The van der Waals surface area contributed by atoms with Crippen molar-refractivity contribution in [1.82, 2.24) is 9.78 Å². The van der Waals surface area contributed by atoms with E-state index < -0.39 is 18.3 Å². The molecule has 2 heterocycles. The summed E-state index contributed by atoms with van der Waals surface area (Å²) >= 11 is 0. The molecule has 0 aliphatic carbocycles. The smallest absolute Gasteiger partial charge is 0.464 e. The number of unbranched alkanes of at least 4 members (excludes halogenated alkanes) is 1. The van der Waals surface area contributed by atoms with Gasteiger partial charge in [0, 0.05) is 12.3 Å². The Balaban J connectivity index is 1.91. The van der Waals surface area contributed by atoms with Crippen LogP contribution >= 0.6 is 0 Å². The maximum Gasteiger partial charge on any atom is 0.494 e. The van der Waals surface area contributed by atoms with Gasteiger partial charge in [0.2, 0.25) is 0 Å². The van der Waals surface area contributed by atoms with E-state index >= 15 is 0 Å². The summed E-state index contributed by atoms with van der Waals surface area (Å²) in [7, 11) is -0.536. The Morgan fingerprint density at radius 3 is 2.41 bits per heavy atom. The van der Waals surface area contributed by atoms with Crippen molar-refractivity contribution in [3.63, 3.8) is 0 Å². The summed E-state index contributed by atoms with van der Waals surface area (Å²) in [6.45, 7) is 11.8. The van der Waals surface area contributed by atoms with E-state index in [2.05, 4.69) is 5.10 Å². The van der Waals surface area contributed by atoms with Gasteiger partial charge in [-0.2, -0.15) is 5.10 Å². The highest BCUT2D eigenvalue weighted by atomic mass is 16.7. The van der Waals surface area contributed by atoms with E-state index in [0.29, 0.717) is 23.2 Å². The highest BCUT2D eigenvalue weighted by Crippen LogP contribution is 2.36. The van der Waals surface area contributed by atoms with Crippen molar-refractivity contribution >= 4 is 35.2 Å². The van der Waals surface area contributed by atoms with Crippen LogP contribution in [0.4, 0.5) is 0 Å². The minimum absolute atomic E-state index is 0.0384. The molecule has 0 N–H and O–H groups in total. The molecule has 0 unspecified atom stereocenters. The summed E-state index contributed by atoms with van der Waals surface area (Å²) in [5.74, 6) is -0.535. The fourth-order valence-electron chi connectivity index (χ4n) is 3.20. The van der Waals surface area contributed by atoms with Gasteiger partial charge in [0.25, 0.3) is 0 Å². The van der Waals surface area contributed by atoms with Crippen LogP contribution in [0.2, 0.25) is 0 Å². The Morgan fingerprint density at radius 1 is 1.17 bits per heavy atom. The lowest BCUT2D eigenvalue weighted by Gasteiger charge is -2.32. The van der Waals surface area contributed by atoms with Crippen molar-refractivity contribution in [2.75, 3.05) is 6.61 Å². The number of ketones is 1. The fourth-order valence-corrected chi connectivity index (χ4v) is 3.20. The zero-order chi connectivity index (χ0) is 21.4. The standard InChI is InChI=1S/C21H29BN2O5/c1-7-8-11-27-18(26)13-24-17-10-9-15(12-16(17)19(23-24)14(2)25)22-28-20(3,4)21(5,6)29-22/h9-10,12H,7-8,11,13H2,1-6H3. The van der Waals surface area contributed by atoms with E-state index in [9.17, 15) is 9.59 Å². The van der Waals surface area contributed by atoms with Crippen LogP contribution in [0.15, 0.2) is 18.2 Å². The second kappa shape index (κ2) is 7.92. The third-order valence-electron chi connectivity index (χ3n) is 5.67. The maximum atomic E-state index is 12.2. The van der Waals surface area contributed by atoms with Crippen LogP contribution in [0.1, 0.15) is 64.9 Å². The van der Waals surface area contributed by atoms with Gasteiger partial charge in [0.05, 0.1) is 23.3 Å². The second-order valence-corrected chi connectivity index (χ2v) is 8.50. The Labute approximate surface area is 171 Å². The molecule has 1 aliphatic rings. The summed E-state index contributed by atoms with van der Waals surface area (Å²) in [4.78, 5) is 24.3. The Kier molecular flexibility index (Phi) is 5.87. The first kappa shape index (κ1) is 21.5. The largest absolute Gasteiger partial charge is 0.494 e. The average Bonchev–Trinajstić information content (AvgIpc) is 3.09. The number of fused-ring (bicyclic) bond motifs is 1. The van der Waals surface area contributed by atoms with Crippen LogP contribution in [-0.4, -0.2) is 46.5 Å². The number of rotatable bonds is 7. The van der Waals surface area contributed by atoms with Crippen molar-refractivity contribution in [2.45, 2.75) is 72.1 Å². The van der Waals surface area contributed by atoms with E-state index in [4.69, 9.17) is 14.0 Å². The van der Waals surface area contributed by atoms with Crippen LogP contribution in [0.25, 0.3) is 10.9 Å². The predicted molar refractivity (Wildman–Crippen MR) is 111 cm³/mol. The van der Waals surface area contributed by atoms with Crippen molar-refractivity contribution < 1.29 is 23.6 Å². The minimum Gasteiger partial charge on any atom is -0.464 e. The predicted octanol–water partition coefficient (Wildman–Crippen LogP) is 2.88. The molecular weight excluding hydrogens is 371 g/mol. The van der Waals surface area contributed by atoms with Gasteiger partial charge >= 0.3 is 13.1 Å². The average molecular weight is 400 g/mol. The first-order chi connectivity index (χ1) is 13.6. The first-order valence-corrected chi connectivity index (χ1v) is 10.1. The Bertz CT molecular complexity index is 919. The molecule has 1 aliphatic heterocycles. The summed E-state index contributed by atoms with van der Waals surface area (Å²) in [5.41, 5.74) is 0.914. The number of carbonyl (C=O) groups is 2. The number of carbonyl (C=O) groups excluding carboxylic acids is 2. The molecule has 0 spiro atoms. The van der Waals surface area contributed by atoms with E-state index in [1.165, 1.54) is 11.6 Å². The summed E-state index contributed by atoms with van der Waals surface area (Å²) < 4.78 is 19.0. The second-order valence-electron chi connectivity index (χ2n) is 8.50. The summed E-state index contributed by atoms with van der Waals surface area (Å²) in [6, 6.07) is 5.59. The molecule has 0 bridgehead atoms. The van der Waals surface area contributed by atoms with Gasteiger partial charge in [0.15, 0.2) is 5.78 Å². The molecule has 0 saturated carbocycles. The molecule has 0 atom stereocenters. The molecule has 156 valence electrons. The lowest BCUT2D eigenvalue weighted by atomic mass is 9.78. The third-order valence-corrected chi connectivity index (χ3v) is 5.67. The zero-order valence-corrected chi connectivity index (χ0v) is 18.1. The highest BCUT2D eigenvalue weighted by Gasteiger charge is 2.51. The van der Waals surface area contributed by atoms with Crippen LogP contribution in [-0.2, 0) is 25.4 Å². The van der Waals surface area contributed by atoms with Crippen molar-refractivity contribution in [3.05, 3.63) is 23.9 Å². The first-order valence-electron chi connectivity index (χ1n) is 10.1. The monoisotopic (exact) mass is 400 g/mol. The van der Waals surface area contributed by atoms with Crippen LogP contribution in [0.3, 0.4) is 0 Å². The van der Waals surface area contributed by atoms with Gasteiger partial charge in [-0.05, 0) is 45.6 Å². The van der Waals surface area contributed by atoms with Crippen LogP contribution in [0.5, 0.6) is 0 Å². The number of esters is 1. The van der Waals surface area contributed by atoms with Crippen molar-refractivity contribution in [3.8, 4) is 0 Å². The molecular formula is C21H29BN2O5. The molecule has 1 fully saturated rings. The maximum absolute atomic E-state index is 12.2. The Morgan fingerprint density at radius 2 is 1.83 bits per heavy atom. The topological polar surface area (TPSA) is 79.7 Å². The minimum atomic E-state index is -0.536. The van der Waals surface area contributed by atoms with E-state index in [1.807, 2.05) is 52.8 Å². The van der Waals surface area contributed by atoms with Gasteiger partial charge in [-0.1, -0.05) is 25.5 Å². The molecule has 3 rings (SSSR count). The molecule has 29 heavy (non-hydrogen) atoms. The quantitative estimate of drug-likeness (QED) is 0.308. The lowest BCUT2D eigenvalue weighted by Crippen LogP contribution is -2.41. The van der Waals surface area contributed by atoms with E-state index in [-0.39, 0.29) is 18.3 Å². The molecule has 1 saturated heterocycles. The molecule has 1 aromatic heterocycles. The number of benzene rings is 1. The number of nitrogens with zero attached hydrogens (tertiary/aromatic N) is 2. The molecule has 0 radical (unpaired) electrons. The van der Waals surface area contributed by atoms with E-state index in [0.717, 1.165) is 18.3 Å². The number of aromatic nitrogens is 2. The lowest BCUT2D eigenvalue weighted by molar-refractivity contribution is -0.144. The van der Waals surface area contributed by atoms with Gasteiger partial charge < -0.3 is 14.0 Å². The van der Waals surface area contributed by atoms with Crippen LogP contribution in [0, 0.1) is 0 Å². The SMILES string of the molecule is CCCCOC(=O)Cn1nc(C(C)=O)c2cc(B3OC(C)(C)C(C)(C)O3)ccc21. The molecule has 2 aromatic rings. The molecule has 0 amide bonds. The third kappa shape index (κ3) is 4.23. The van der Waals surface area contributed by atoms with Crippen molar-refractivity contribution in [2.24, 2.45) is 0 Å². The fraction of sp³-hybridized carbons (Fsp3) is 0.571. The highest BCUT2D eigenvalue weighted by molar-refractivity contribution is 6.62. The molecule has 7 nitrogen and oxygen atoms in total.